The van der Waals surface area contributed by atoms with Crippen molar-refractivity contribution in [3.05, 3.63) is 70.2 Å². The highest BCUT2D eigenvalue weighted by Crippen LogP contribution is 2.24. The summed E-state index contributed by atoms with van der Waals surface area (Å²) < 4.78 is 7.16. The summed E-state index contributed by atoms with van der Waals surface area (Å²) in [6.45, 7) is 4.74. The van der Waals surface area contributed by atoms with Crippen molar-refractivity contribution in [2.45, 2.75) is 26.3 Å². The van der Waals surface area contributed by atoms with Crippen molar-refractivity contribution in [1.82, 2.24) is 4.57 Å². The van der Waals surface area contributed by atoms with E-state index in [0.717, 1.165) is 16.6 Å². The summed E-state index contributed by atoms with van der Waals surface area (Å²) in [6.07, 6.45) is 0. The molecule has 3 rings (SSSR count). The van der Waals surface area contributed by atoms with Gasteiger partial charge in [-0.25, -0.2) is 4.79 Å². The van der Waals surface area contributed by atoms with Gasteiger partial charge in [0.1, 0.15) is 0 Å². The Morgan fingerprint density at radius 3 is 2.50 bits per heavy atom. The Bertz CT molecular complexity index is 782. The third kappa shape index (κ3) is 2.16. The molecule has 1 aromatic heterocycles. The predicted molar refractivity (Wildman–Crippen MR) is 80.1 cm³/mol. The van der Waals surface area contributed by atoms with Crippen LogP contribution in [0.2, 0.25) is 0 Å². The summed E-state index contributed by atoms with van der Waals surface area (Å²) >= 11 is 0. The molecule has 0 aliphatic carbocycles. The number of fused-ring (bicyclic) bond motifs is 1. The Morgan fingerprint density at radius 2 is 1.80 bits per heavy atom. The van der Waals surface area contributed by atoms with Crippen LogP contribution in [0.25, 0.3) is 11.1 Å². The van der Waals surface area contributed by atoms with Crippen molar-refractivity contribution in [2.24, 2.45) is 0 Å². The van der Waals surface area contributed by atoms with E-state index < -0.39 is 0 Å². The van der Waals surface area contributed by atoms with Crippen LogP contribution in [-0.4, -0.2) is 4.57 Å². The van der Waals surface area contributed by atoms with Crippen molar-refractivity contribution in [2.75, 3.05) is 0 Å². The van der Waals surface area contributed by atoms with Gasteiger partial charge >= 0.3 is 5.76 Å². The summed E-state index contributed by atoms with van der Waals surface area (Å²) in [5.74, 6) is 0.0337. The van der Waals surface area contributed by atoms with Gasteiger partial charge in [-0.05, 0) is 23.1 Å². The normalized spacial score (nSPS) is 11.3. The fraction of sp³-hybridized carbons (Fsp3) is 0.235. The molecule has 0 unspecified atom stereocenters. The van der Waals surface area contributed by atoms with Crippen LogP contribution < -0.4 is 5.76 Å². The van der Waals surface area contributed by atoms with Crippen LogP contribution in [-0.2, 0) is 6.54 Å². The number of hydrogen-bond donors (Lipinski definition) is 0. The van der Waals surface area contributed by atoms with Gasteiger partial charge in [-0.1, -0.05) is 56.3 Å². The smallest absolute Gasteiger partial charge is 0.407 e. The number of oxazole rings is 1. The second kappa shape index (κ2) is 5.00. The molecule has 0 saturated heterocycles. The Morgan fingerprint density at radius 1 is 1.05 bits per heavy atom. The van der Waals surface area contributed by atoms with Gasteiger partial charge in [0, 0.05) is 0 Å². The summed E-state index contributed by atoms with van der Waals surface area (Å²) in [5, 5.41) is 0. The zero-order valence-electron chi connectivity index (χ0n) is 11.7. The van der Waals surface area contributed by atoms with E-state index in [-0.39, 0.29) is 5.76 Å². The summed E-state index contributed by atoms with van der Waals surface area (Å²) in [4.78, 5) is 12.1. The first kappa shape index (κ1) is 12.7. The van der Waals surface area contributed by atoms with E-state index in [9.17, 15) is 4.79 Å². The molecule has 0 aliphatic heterocycles. The number of benzene rings is 2. The Kier molecular flexibility index (Phi) is 3.18. The lowest BCUT2D eigenvalue weighted by molar-refractivity contribution is 0.514. The zero-order valence-corrected chi connectivity index (χ0v) is 11.7. The number of hydrogen-bond acceptors (Lipinski definition) is 2. The van der Waals surface area contributed by atoms with E-state index >= 15 is 0 Å². The van der Waals surface area contributed by atoms with E-state index in [1.807, 2.05) is 48.5 Å². The van der Waals surface area contributed by atoms with Crippen LogP contribution in [0.1, 0.15) is 30.9 Å². The van der Waals surface area contributed by atoms with Crippen LogP contribution in [0.5, 0.6) is 0 Å². The molecule has 0 bridgehead atoms. The molecule has 0 fully saturated rings. The number of rotatable bonds is 3. The summed E-state index contributed by atoms with van der Waals surface area (Å²) in [6, 6.07) is 15.9. The molecule has 0 aliphatic rings. The molecule has 20 heavy (non-hydrogen) atoms. The van der Waals surface area contributed by atoms with Gasteiger partial charge in [0.25, 0.3) is 0 Å². The van der Waals surface area contributed by atoms with E-state index in [4.69, 9.17) is 4.42 Å². The third-order valence-electron chi connectivity index (χ3n) is 3.53. The molecule has 0 spiro atoms. The van der Waals surface area contributed by atoms with E-state index in [1.54, 1.807) is 4.57 Å². The molecule has 0 N–H and O–H groups in total. The van der Waals surface area contributed by atoms with E-state index in [1.165, 1.54) is 0 Å². The van der Waals surface area contributed by atoms with Gasteiger partial charge in [0.05, 0.1) is 12.1 Å². The predicted octanol–water partition coefficient (Wildman–Crippen LogP) is 3.77. The molecule has 0 amide bonds. The van der Waals surface area contributed by atoms with Crippen molar-refractivity contribution in [3.63, 3.8) is 0 Å². The van der Waals surface area contributed by atoms with Crippen molar-refractivity contribution < 1.29 is 4.42 Å². The molecule has 3 nitrogen and oxygen atoms in total. The first-order valence-corrected chi connectivity index (χ1v) is 6.83. The molecule has 1 heterocycles. The molecule has 2 aromatic carbocycles. The van der Waals surface area contributed by atoms with E-state index in [2.05, 4.69) is 13.8 Å². The van der Waals surface area contributed by atoms with Crippen molar-refractivity contribution in [3.8, 4) is 0 Å². The second-order valence-corrected chi connectivity index (χ2v) is 5.29. The molecule has 3 heteroatoms. The topological polar surface area (TPSA) is 35.1 Å². The zero-order chi connectivity index (χ0) is 14.1. The molecule has 3 aromatic rings. The minimum Gasteiger partial charge on any atom is -0.407 e. The molecule has 0 saturated carbocycles. The highest BCUT2D eigenvalue weighted by molar-refractivity contribution is 5.77. The monoisotopic (exact) mass is 267 g/mol. The van der Waals surface area contributed by atoms with Crippen LogP contribution >= 0.6 is 0 Å². The van der Waals surface area contributed by atoms with Crippen LogP contribution in [0.4, 0.5) is 0 Å². The van der Waals surface area contributed by atoms with Crippen LogP contribution in [0, 0.1) is 0 Å². The highest BCUT2D eigenvalue weighted by Gasteiger charge is 2.14. The molecular formula is C17H17NO2. The lowest BCUT2D eigenvalue weighted by Crippen LogP contribution is -2.14. The standard InChI is InChI=1S/C17H17NO2/c1-12(2)14-9-6-10-15-16(14)20-17(19)18(15)11-13-7-4-3-5-8-13/h3-10,12H,11H2,1-2H3. The van der Waals surface area contributed by atoms with Gasteiger partial charge in [0.15, 0.2) is 5.58 Å². The lowest BCUT2D eigenvalue weighted by atomic mass is 10.0. The largest absolute Gasteiger partial charge is 0.420 e. The second-order valence-electron chi connectivity index (χ2n) is 5.29. The van der Waals surface area contributed by atoms with E-state index in [0.29, 0.717) is 18.0 Å². The average molecular weight is 267 g/mol. The quantitative estimate of drug-likeness (QED) is 0.724. The molecule has 0 radical (unpaired) electrons. The maximum absolute atomic E-state index is 12.1. The number of para-hydroxylation sites is 1. The van der Waals surface area contributed by atoms with Gasteiger partial charge in [-0.3, -0.25) is 4.57 Å². The minimum absolute atomic E-state index is 0.294. The van der Waals surface area contributed by atoms with Crippen molar-refractivity contribution >= 4 is 11.1 Å². The average Bonchev–Trinajstić information content (AvgIpc) is 2.76. The Hall–Kier alpha value is -2.29. The number of nitrogens with zero attached hydrogens (tertiary/aromatic N) is 1. The fourth-order valence-corrected chi connectivity index (χ4v) is 2.48. The maximum Gasteiger partial charge on any atom is 0.420 e. The van der Waals surface area contributed by atoms with Crippen molar-refractivity contribution in [1.29, 1.82) is 0 Å². The lowest BCUT2D eigenvalue weighted by Gasteiger charge is -2.06. The number of aromatic nitrogens is 1. The Balaban J connectivity index is 2.15. The Labute approximate surface area is 117 Å². The SMILES string of the molecule is CC(C)c1cccc2c1oc(=O)n2Cc1ccccc1. The molecule has 0 atom stereocenters. The maximum atomic E-state index is 12.1. The van der Waals surface area contributed by atoms with Gasteiger partial charge < -0.3 is 4.42 Å². The highest BCUT2D eigenvalue weighted by atomic mass is 16.4. The first-order chi connectivity index (χ1) is 9.66. The third-order valence-corrected chi connectivity index (χ3v) is 3.53. The van der Waals surface area contributed by atoms with Gasteiger partial charge in [0.2, 0.25) is 0 Å². The van der Waals surface area contributed by atoms with Gasteiger partial charge in [-0.15, -0.1) is 0 Å². The molecular weight excluding hydrogens is 250 g/mol. The summed E-state index contributed by atoms with van der Waals surface area (Å²) in [7, 11) is 0. The van der Waals surface area contributed by atoms with Crippen LogP contribution in [0.15, 0.2) is 57.7 Å². The molecule has 102 valence electrons. The van der Waals surface area contributed by atoms with Gasteiger partial charge in [-0.2, -0.15) is 0 Å². The first-order valence-electron chi connectivity index (χ1n) is 6.83. The minimum atomic E-state index is -0.294. The fourth-order valence-electron chi connectivity index (χ4n) is 2.48. The van der Waals surface area contributed by atoms with Crippen LogP contribution in [0.3, 0.4) is 0 Å². The summed E-state index contributed by atoms with van der Waals surface area (Å²) in [5.41, 5.74) is 3.74.